The first kappa shape index (κ1) is 14.3. The number of hydrogen-bond donors (Lipinski definition) is 1. The molecule has 2 unspecified atom stereocenters. The van der Waals surface area contributed by atoms with Crippen molar-refractivity contribution < 1.29 is 0 Å². The van der Waals surface area contributed by atoms with Gasteiger partial charge in [-0.25, -0.2) is 0 Å². The quantitative estimate of drug-likeness (QED) is 0.894. The Labute approximate surface area is 127 Å². The Morgan fingerprint density at radius 2 is 1.86 bits per heavy atom. The second-order valence-electron chi connectivity index (χ2n) is 6.08. The third-order valence-electron chi connectivity index (χ3n) is 4.64. The van der Waals surface area contributed by atoms with Gasteiger partial charge in [0.05, 0.1) is 0 Å². The highest BCUT2D eigenvalue weighted by atomic mass is 15.0. The fraction of sp³-hybridized carbons (Fsp3) is 0.421. The molecule has 21 heavy (non-hydrogen) atoms. The molecule has 2 nitrogen and oxygen atoms in total. The van der Waals surface area contributed by atoms with Crippen LogP contribution in [0.2, 0.25) is 0 Å². The van der Waals surface area contributed by atoms with Gasteiger partial charge in [-0.3, -0.25) is 4.98 Å². The van der Waals surface area contributed by atoms with Gasteiger partial charge in [0.15, 0.2) is 0 Å². The van der Waals surface area contributed by atoms with Crippen molar-refractivity contribution in [2.75, 3.05) is 0 Å². The number of pyridine rings is 1. The molecule has 1 aromatic carbocycles. The fourth-order valence-electron chi connectivity index (χ4n) is 3.48. The molecule has 1 N–H and O–H groups in total. The monoisotopic (exact) mass is 280 g/mol. The van der Waals surface area contributed by atoms with Crippen LogP contribution in [0.1, 0.15) is 55.7 Å². The molecule has 1 heterocycles. The average molecular weight is 280 g/mol. The van der Waals surface area contributed by atoms with Crippen molar-refractivity contribution in [3.63, 3.8) is 0 Å². The van der Waals surface area contributed by atoms with E-state index in [1.165, 1.54) is 36.8 Å². The highest BCUT2D eigenvalue weighted by Gasteiger charge is 2.27. The van der Waals surface area contributed by atoms with Gasteiger partial charge in [0.2, 0.25) is 0 Å². The predicted molar refractivity (Wildman–Crippen MR) is 87.2 cm³/mol. The summed E-state index contributed by atoms with van der Waals surface area (Å²) >= 11 is 0. The molecule has 0 radical (unpaired) electrons. The van der Waals surface area contributed by atoms with E-state index in [1.807, 2.05) is 18.5 Å². The van der Waals surface area contributed by atoms with E-state index in [1.54, 1.807) is 0 Å². The van der Waals surface area contributed by atoms with Crippen molar-refractivity contribution in [2.45, 2.75) is 50.6 Å². The van der Waals surface area contributed by atoms with Gasteiger partial charge >= 0.3 is 0 Å². The normalized spacial score (nSPS) is 23.7. The van der Waals surface area contributed by atoms with Crippen molar-refractivity contribution in [3.05, 3.63) is 66.0 Å². The molecule has 110 valence electrons. The zero-order chi connectivity index (χ0) is 14.5. The number of nitrogens with zero attached hydrogens (tertiary/aromatic N) is 1. The maximum absolute atomic E-state index is 4.24. The summed E-state index contributed by atoms with van der Waals surface area (Å²) in [6, 6.07) is 16.1. The molecular weight excluding hydrogens is 256 g/mol. The predicted octanol–water partition coefficient (Wildman–Crippen LogP) is 4.46. The van der Waals surface area contributed by atoms with E-state index in [0.29, 0.717) is 18.0 Å². The summed E-state index contributed by atoms with van der Waals surface area (Å²) in [7, 11) is 0. The minimum Gasteiger partial charge on any atom is -0.307 e. The Bertz CT molecular complexity index is 538. The molecule has 0 aliphatic heterocycles. The van der Waals surface area contributed by atoms with E-state index in [4.69, 9.17) is 0 Å². The third kappa shape index (κ3) is 3.51. The summed E-state index contributed by atoms with van der Waals surface area (Å²) in [5.74, 6) is 0.638. The van der Waals surface area contributed by atoms with Gasteiger partial charge in [-0.2, -0.15) is 0 Å². The highest BCUT2D eigenvalue weighted by molar-refractivity contribution is 5.22. The molecule has 3 atom stereocenters. The van der Waals surface area contributed by atoms with Crippen molar-refractivity contribution in [1.29, 1.82) is 0 Å². The number of nitrogens with one attached hydrogen (secondary N) is 1. The van der Waals surface area contributed by atoms with Gasteiger partial charge in [0, 0.05) is 24.5 Å². The topological polar surface area (TPSA) is 24.9 Å². The Hall–Kier alpha value is -1.67. The van der Waals surface area contributed by atoms with Crippen molar-refractivity contribution in [1.82, 2.24) is 10.3 Å². The van der Waals surface area contributed by atoms with Crippen molar-refractivity contribution >= 4 is 0 Å². The summed E-state index contributed by atoms with van der Waals surface area (Å²) in [4.78, 5) is 4.24. The zero-order valence-electron chi connectivity index (χ0n) is 12.7. The smallest absolute Gasteiger partial charge is 0.0315 e. The number of benzene rings is 1. The number of hydrogen-bond acceptors (Lipinski definition) is 2. The molecule has 1 aliphatic rings. The molecule has 0 amide bonds. The van der Waals surface area contributed by atoms with Crippen LogP contribution in [0.4, 0.5) is 0 Å². The van der Waals surface area contributed by atoms with Crippen LogP contribution < -0.4 is 5.32 Å². The first-order valence-corrected chi connectivity index (χ1v) is 8.05. The first-order valence-electron chi connectivity index (χ1n) is 8.05. The molecule has 2 heteroatoms. The van der Waals surface area contributed by atoms with Crippen LogP contribution in [0.5, 0.6) is 0 Å². The summed E-state index contributed by atoms with van der Waals surface area (Å²) < 4.78 is 0. The van der Waals surface area contributed by atoms with Gasteiger partial charge in [-0.05, 0) is 42.9 Å². The molecule has 0 spiro atoms. The van der Waals surface area contributed by atoms with Gasteiger partial charge in [-0.15, -0.1) is 0 Å². The van der Waals surface area contributed by atoms with Gasteiger partial charge < -0.3 is 5.32 Å². The van der Waals surface area contributed by atoms with Gasteiger partial charge in [-0.1, -0.05) is 49.2 Å². The van der Waals surface area contributed by atoms with Crippen LogP contribution in [0.25, 0.3) is 0 Å². The second kappa shape index (κ2) is 6.86. The maximum Gasteiger partial charge on any atom is 0.0315 e. The van der Waals surface area contributed by atoms with Crippen LogP contribution in [-0.2, 0) is 0 Å². The van der Waals surface area contributed by atoms with Gasteiger partial charge in [0.1, 0.15) is 0 Å². The molecule has 1 saturated carbocycles. The summed E-state index contributed by atoms with van der Waals surface area (Å²) in [5.41, 5.74) is 2.75. The Balaban J connectivity index is 1.73. The zero-order valence-corrected chi connectivity index (χ0v) is 12.7. The standard InChI is InChI=1S/C19H24N2/c1-15(17-10-7-13-20-14-17)21-19-12-6-5-11-18(19)16-8-3-2-4-9-16/h2-4,7-10,13-15,18-19,21H,5-6,11-12H2,1H3/t15-,18?,19?/m0/s1. The Morgan fingerprint density at radius 3 is 2.62 bits per heavy atom. The van der Waals surface area contributed by atoms with E-state index in [9.17, 15) is 0 Å². The highest BCUT2D eigenvalue weighted by Crippen LogP contribution is 2.34. The molecular formula is C19H24N2. The average Bonchev–Trinajstić information content (AvgIpc) is 2.57. The van der Waals surface area contributed by atoms with E-state index in [0.717, 1.165) is 0 Å². The number of rotatable bonds is 4. The lowest BCUT2D eigenvalue weighted by molar-refractivity contribution is 0.306. The fourth-order valence-corrected chi connectivity index (χ4v) is 3.48. The molecule has 3 rings (SSSR count). The van der Waals surface area contributed by atoms with E-state index < -0.39 is 0 Å². The molecule has 1 aliphatic carbocycles. The Kier molecular flexibility index (Phi) is 4.66. The molecule has 1 fully saturated rings. The van der Waals surface area contributed by atoms with E-state index in [2.05, 4.69) is 53.6 Å². The van der Waals surface area contributed by atoms with E-state index >= 15 is 0 Å². The summed E-state index contributed by atoms with van der Waals surface area (Å²) in [6.45, 7) is 2.24. The molecule has 2 aromatic rings. The lowest BCUT2D eigenvalue weighted by atomic mass is 9.79. The van der Waals surface area contributed by atoms with Crippen molar-refractivity contribution in [3.8, 4) is 0 Å². The van der Waals surface area contributed by atoms with Gasteiger partial charge in [0.25, 0.3) is 0 Å². The minimum absolute atomic E-state index is 0.355. The first-order chi connectivity index (χ1) is 10.3. The Morgan fingerprint density at radius 1 is 1.05 bits per heavy atom. The largest absolute Gasteiger partial charge is 0.307 e. The molecule has 0 saturated heterocycles. The number of aromatic nitrogens is 1. The second-order valence-corrected chi connectivity index (χ2v) is 6.08. The molecule has 0 bridgehead atoms. The van der Waals surface area contributed by atoms with Crippen LogP contribution in [0.3, 0.4) is 0 Å². The van der Waals surface area contributed by atoms with Crippen LogP contribution in [-0.4, -0.2) is 11.0 Å². The minimum atomic E-state index is 0.355. The summed E-state index contributed by atoms with van der Waals surface area (Å²) in [5, 5.41) is 3.84. The summed E-state index contributed by atoms with van der Waals surface area (Å²) in [6.07, 6.45) is 9.05. The van der Waals surface area contributed by atoms with Crippen molar-refractivity contribution in [2.24, 2.45) is 0 Å². The lowest BCUT2D eigenvalue weighted by Gasteiger charge is -2.35. The SMILES string of the molecule is C[C@H](NC1CCCCC1c1ccccc1)c1cccnc1. The van der Waals surface area contributed by atoms with Crippen LogP contribution >= 0.6 is 0 Å². The van der Waals surface area contributed by atoms with Crippen LogP contribution in [0, 0.1) is 0 Å². The lowest BCUT2D eigenvalue weighted by Crippen LogP contribution is -2.38. The third-order valence-corrected chi connectivity index (χ3v) is 4.64. The van der Waals surface area contributed by atoms with Crippen LogP contribution in [0.15, 0.2) is 54.9 Å². The maximum atomic E-state index is 4.24. The van der Waals surface area contributed by atoms with E-state index in [-0.39, 0.29) is 0 Å². The molecule has 1 aromatic heterocycles.